The molecule has 0 saturated carbocycles. The Kier molecular flexibility index (Phi) is 7.03. The van der Waals surface area contributed by atoms with Gasteiger partial charge in [-0.15, -0.1) is 0 Å². The molecule has 0 N–H and O–H groups in total. The highest BCUT2D eigenvalue weighted by molar-refractivity contribution is 6.21. The quantitative estimate of drug-likeness (QED) is 0.273. The first-order valence-electron chi connectivity index (χ1n) is 10.7. The van der Waals surface area contributed by atoms with E-state index in [1.165, 1.54) is 6.08 Å². The number of methoxy groups -OCH3 is 1. The number of hydrogen-bond donors (Lipinski definition) is 0. The lowest BCUT2D eigenvalue weighted by Crippen LogP contribution is -2.33. The van der Waals surface area contributed by atoms with E-state index >= 15 is 0 Å². The molecular formula is C27H23NO6. The van der Waals surface area contributed by atoms with Gasteiger partial charge in [0.2, 0.25) is 0 Å². The van der Waals surface area contributed by atoms with Crippen molar-refractivity contribution in [3.05, 3.63) is 101 Å². The van der Waals surface area contributed by atoms with Gasteiger partial charge in [-0.2, -0.15) is 0 Å². The van der Waals surface area contributed by atoms with E-state index in [4.69, 9.17) is 14.2 Å². The van der Waals surface area contributed by atoms with Gasteiger partial charge in [-0.1, -0.05) is 48.5 Å². The van der Waals surface area contributed by atoms with E-state index < -0.39 is 5.97 Å². The van der Waals surface area contributed by atoms with Crippen molar-refractivity contribution in [2.24, 2.45) is 0 Å². The number of nitrogens with zero attached hydrogens (tertiary/aromatic N) is 1. The number of carbonyl (C=O) groups excluding carboxylic acids is 3. The van der Waals surface area contributed by atoms with Crippen molar-refractivity contribution in [3.8, 4) is 11.5 Å². The molecule has 7 heteroatoms. The molecule has 4 rings (SSSR count). The summed E-state index contributed by atoms with van der Waals surface area (Å²) in [5.41, 5.74) is 2.49. The first-order chi connectivity index (χ1) is 16.6. The molecule has 3 aromatic carbocycles. The predicted octanol–water partition coefficient (Wildman–Crippen LogP) is 4.13. The van der Waals surface area contributed by atoms with Gasteiger partial charge in [-0.25, -0.2) is 4.79 Å². The van der Waals surface area contributed by atoms with Gasteiger partial charge in [-0.05, 0) is 41.5 Å². The maximum Gasteiger partial charge on any atom is 0.330 e. The van der Waals surface area contributed by atoms with E-state index in [9.17, 15) is 14.4 Å². The molecule has 0 spiro atoms. The molecule has 0 unspecified atom stereocenters. The summed E-state index contributed by atoms with van der Waals surface area (Å²) >= 11 is 0. The van der Waals surface area contributed by atoms with Gasteiger partial charge in [0.1, 0.15) is 13.2 Å². The molecule has 0 aliphatic carbocycles. The van der Waals surface area contributed by atoms with Gasteiger partial charge >= 0.3 is 5.97 Å². The average Bonchev–Trinajstić information content (AvgIpc) is 3.12. The summed E-state index contributed by atoms with van der Waals surface area (Å²) in [5.74, 6) is -0.216. The number of ether oxygens (including phenoxy) is 3. The van der Waals surface area contributed by atoms with Crippen molar-refractivity contribution < 1.29 is 28.6 Å². The summed E-state index contributed by atoms with van der Waals surface area (Å²) in [4.78, 5) is 37.9. The van der Waals surface area contributed by atoms with Crippen LogP contribution in [0.1, 0.15) is 31.8 Å². The molecule has 1 aliphatic rings. The molecule has 0 bridgehead atoms. The second kappa shape index (κ2) is 10.5. The Morgan fingerprint density at radius 2 is 1.56 bits per heavy atom. The number of benzene rings is 3. The summed E-state index contributed by atoms with van der Waals surface area (Å²) in [6.07, 6.45) is 2.87. The maximum atomic E-state index is 12.3. The van der Waals surface area contributed by atoms with Gasteiger partial charge in [0.05, 0.1) is 24.8 Å². The minimum atomic E-state index is -0.583. The molecule has 0 aromatic heterocycles. The van der Waals surface area contributed by atoms with E-state index in [2.05, 4.69) is 0 Å². The Morgan fingerprint density at radius 3 is 2.24 bits per heavy atom. The smallest absolute Gasteiger partial charge is 0.330 e. The van der Waals surface area contributed by atoms with Crippen LogP contribution in [0, 0.1) is 0 Å². The zero-order valence-electron chi connectivity index (χ0n) is 18.6. The standard InChI is InChI=1S/C27H23NO6/c1-32-24-17-19(11-13-23(24)34-18-20-7-3-2-4-8-20)12-14-25(29)33-16-15-28-26(30)21-9-5-6-10-22(21)27(28)31/h2-14,17H,15-16,18H2,1H3/b14-12+. The number of hydrogen-bond acceptors (Lipinski definition) is 6. The van der Waals surface area contributed by atoms with Crippen molar-refractivity contribution >= 4 is 23.9 Å². The lowest BCUT2D eigenvalue weighted by molar-refractivity contribution is -0.137. The molecule has 0 fully saturated rings. The van der Waals surface area contributed by atoms with Crippen molar-refractivity contribution in [2.75, 3.05) is 20.3 Å². The van der Waals surface area contributed by atoms with Crippen LogP contribution in [-0.4, -0.2) is 42.9 Å². The molecule has 3 aromatic rings. The van der Waals surface area contributed by atoms with Gasteiger partial charge in [0, 0.05) is 6.08 Å². The largest absolute Gasteiger partial charge is 0.493 e. The van der Waals surface area contributed by atoms with E-state index in [-0.39, 0.29) is 25.0 Å². The summed E-state index contributed by atoms with van der Waals surface area (Å²) in [6, 6.07) is 21.7. The Bertz CT molecular complexity index is 1200. The lowest BCUT2D eigenvalue weighted by Gasteiger charge is -2.13. The van der Waals surface area contributed by atoms with Gasteiger partial charge in [0.25, 0.3) is 11.8 Å². The van der Waals surface area contributed by atoms with Crippen LogP contribution in [0.4, 0.5) is 0 Å². The Morgan fingerprint density at radius 1 is 0.882 bits per heavy atom. The predicted molar refractivity (Wildman–Crippen MR) is 126 cm³/mol. The van der Waals surface area contributed by atoms with Crippen LogP contribution in [0.5, 0.6) is 11.5 Å². The SMILES string of the molecule is COc1cc(/C=C/C(=O)OCCN2C(=O)c3ccccc3C2=O)ccc1OCc1ccccc1. The van der Waals surface area contributed by atoms with Gasteiger partial charge < -0.3 is 14.2 Å². The number of fused-ring (bicyclic) bond motifs is 1. The highest BCUT2D eigenvalue weighted by atomic mass is 16.5. The summed E-state index contributed by atoms with van der Waals surface area (Å²) < 4.78 is 16.4. The highest BCUT2D eigenvalue weighted by Gasteiger charge is 2.34. The van der Waals surface area contributed by atoms with Crippen LogP contribution < -0.4 is 9.47 Å². The van der Waals surface area contributed by atoms with Crippen LogP contribution in [0.3, 0.4) is 0 Å². The fourth-order valence-electron chi connectivity index (χ4n) is 3.53. The molecule has 1 aliphatic heterocycles. The molecule has 0 atom stereocenters. The molecule has 172 valence electrons. The van der Waals surface area contributed by atoms with Crippen LogP contribution in [0.2, 0.25) is 0 Å². The topological polar surface area (TPSA) is 82.1 Å². The van der Waals surface area contributed by atoms with E-state index in [1.54, 1.807) is 55.7 Å². The second-order valence-corrected chi connectivity index (χ2v) is 7.49. The fourth-order valence-corrected chi connectivity index (χ4v) is 3.53. The molecule has 7 nitrogen and oxygen atoms in total. The monoisotopic (exact) mass is 457 g/mol. The minimum absolute atomic E-state index is 0.00675. The summed E-state index contributed by atoms with van der Waals surface area (Å²) in [6.45, 7) is 0.309. The molecule has 1 heterocycles. The maximum absolute atomic E-state index is 12.3. The van der Waals surface area contributed by atoms with Crippen LogP contribution in [-0.2, 0) is 16.1 Å². The number of amides is 2. The van der Waals surface area contributed by atoms with E-state index in [1.807, 2.05) is 30.3 Å². The van der Waals surface area contributed by atoms with Crippen molar-refractivity contribution in [1.29, 1.82) is 0 Å². The third kappa shape index (κ3) is 5.15. The number of carbonyl (C=O) groups is 3. The molecule has 0 saturated heterocycles. The number of imide groups is 1. The summed E-state index contributed by atoms with van der Waals surface area (Å²) in [7, 11) is 1.55. The van der Waals surface area contributed by atoms with Crippen molar-refractivity contribution in [3.63, 3.8) is 0 Å². The fraction of sp³-hybridized carbons (Fsp3) is 0.148. The molecular weight excluding hydrogens is 434 g/mol. The van der Waals surface area contributed by atoms with Gasteiger partial charge in [0.15, 0.2) is 11.5 Å². The molecule has 0 radical (unpaired) electrons. The average molecular weight is 457 g/mol. The number of rotatable bonds is 9. The Balaban J connectivity index is 1.29. The van der Waals surface area contributed by atoms with Crippen LogP contribution in [0.15, 0.2) is 78.9 Å². The zero-order valence-corrected chi connectivity index (χ0v) is 18.6. The minimum Gasteiger partial charge on any atom is -0.493 e. The third-order valence-electron chi connectivity index (χ3n) is 5.27. The first-order valence-corrected chi connectivity index (χ1v) is 10.7. The lowest BCUT2D eigenvalue weighted by atomic mass is 10.1. The Labute approximate surface area is 197 Å². The summed E-state index contributed by atoms with van der Waals surface area (Å²) in [5, 5.41) is 0. The van der Waals surface area contributed by atoms with Crippen LogP contribution >= 0.6 is 0 Å². The van der Waals surface area contributed by atoms with Crippen molar-refractivity contribution in [1.82, 2.24) is 4.90 Å². The molecule has 2 amide bonds. The first kappa shape index (κ1) is 22.8. The zero-order chi connectivity index (χ0) is 23.9. The second-order valence-electron chi connectivity index (χ2n) is 7.49. The van der Waals surface area contributed by atoms with Gasteiger partial charge in [-0.3, -0.25) is 14.5 Å². The number of esters is 1. The Hall–Kier alpha value is -4.39. The van der Waals surface area contributed by atoms with Crippen LogP contribution in [0.25, 0.3) is 6.08 Å². The van der Waals surface area contributed by atoms with E-state index in [0.717, 1.165) is 16.0 Å². The molecule has 34 heavy (non-hydrogen) atoms. The highest BCUT2D eigenvalue weighted by Crippen LogP contribution is 2.29. The van der Waals surface area contributed by atoms with Crippen molar-refractivity contribution in [2.45, 2.75) is 6.61 Å². The normalized spacial score (nSPS) is 12.7. The third-order valence-corrected chi connectivity index (χ3v) is 5.27. The van der Waals surface area contributed by atoms with E-state index in [0.29, 0.717) is 29.2 Å².